The summed E-state index contributed by atoms with van der Waals surface area (Å²) in [5.74, 6) is 0.0629. The fraction of sp³-hybridized carbons (Fsp3) is 0.500. The summed E-state index contributed by atoms with van der Waals surface area (Å²) in [7, 11) is 0. The van der Waals surface area contributed by atoms with Crippen molar-refractivity contribution in [2.45, 2.75) is 31.3 Å². The van der Waals surface area contributed by atoms with E-state index in [0.29, 0.717) is 32.1 Å². The zero-order chi connectivity index (χ0) is 22.2. The summed E-state index contributed by atoms with van der Waals surface area (Å²) in [6.45, 7) is 1.27. The van der Waals surface area contributed by atoms with Gasteiger partial charge in [0.15, 0.2) is 0 Å². The average Bonchev–Trinajstić information content (AvgIpc) is 2.73. The number of phenolic OH excluding ortho intramolecular Hbond substituents is 1. The van der Waals surface area contributed by atoms with Crippen LogP contribution < -0.4 is 15.4 Å². The van der Waals surface area contributed by atoms with Gasteiger partial charge in [-0.2, -0.15) is 18.2 Å². The smallest absolute Gasteiger partial charge is 0.408 e. The van der Waals surface area contributed by atoms with Crippen LogP contribution in [-0.2, 0) is 11.3 Å². The molecule has 2 atom stereocenters. The van der Waals surface area contributed by atoms with E-state index in [4.69, 9.17) is 4.74 Å². The highest BCUT2D eigenvalue weighted by Gasteiger charge is 2.47. The molecule has 0 bridgehead atoms. The topological polar surface area (TPSA) is 91.1 Å². The number of halogens is 3. The molecule has 11 heteroatoms. The number of benzene rings is 1. The average molecular weight is 440 g/mol. The largest absolute Gasteiger partial charge is 0.508 e. The number of hydrogen-bond donors (Lipinski definition) is 2. The molecule has 4 rings (SSSR count). The number of aliphatic hydroxyl groups is 1. The van der Waals surface area contributed by atoms with Gasteiger partial charge in [-0.3, -0.25) is 9.36 Å². The van der Waals surface area contributed by atoms with Crippen LogP contribution in [0.15, 0.2) is 35.1 Å². The fourth-order valence-electron chi connectivity index (χ4n) is 3.99. The minimum absolute atomic E-state index is 0.105. The Morgan fingerprint density at radius 3 is 2.61 bits per heavy atom. The third-order valence-corrected chi connectivity index (χ3v) is 5.57. The summed E-state index contributed by atoms with van der Waals surface area (Å²) in [5, 5.41) is 20.3. The highest BCUT2D eigenvalue weighted by molar-refractivity contribution is 5.47. The first-order chi connectivity index (χ1) is 14.7. The Morgan fingerprint density at radius 2 is 1.94 bits per heavy atom. The lowest BCUT2D eigenvalue weighted by atomic mass is 10.1. The number of nitrogens with zero attached hydrogens (tertiary/aromatic N) is 4. The number of ether oxygens (including phenoxy) is 1. The van der Waals surface area contributed by atoms with Crippen molar-refractivity contribution >= 4 is 11.8 Å². The predicted molar refractivity (Wildman–Crippen MR) is 106 cm³/mol. The number of aromatic nitrogens is 2. The molecule has 1 aromatic heterocycles. The van der Waals surface area contributed by atoms with Crippen LogP contribution in [0.5, 0.6) is 5.75 Å². The van der Waals surface area contributed by atoms with Crippen molar-refractivity contribution in [2.24, 2.45) is 0 Å². The lowest BCUT2D eigenvalue weighted by Crippen LogP contribution is -2.53. The monoisotopic (exact) mass is 440 g/mol. The Hall–Kier alpha value is -2.79. The number of hydrogen-bond acceptors (Lipinski definition) is 7. The standard InChI is InChI=1S/C20H23F3N4O4/c21-20(22,23)16-4-5-26-18(30)11-17(25-6-8-31-9-7-25)24-19(26)27(16)12-15(29)13-2-1-3-14(28)10-13/h1-3,10-11,15-16,28-29H,4-9,12H2. The third-order valence-electron chi connectivity index (χ3n) is 5.57. The summed E-state index contributed by atoms with van der Waals surface area (Å²) >= 11 is 0. The van der Waals surface area contributed by atoms with Crippen LogP contribution in [0.1, 0.15) is 18.1 Å². The molecule has 1 fully saturated rings. The van der Waals surface area contributed by atoms with Crippen molar-refractivity contribution in [1.82, 2.24) is 9.55 Å². The molecular formula is C20H23F3N4O4. The van der Waals surface area contributed by atoms with Gasteiger partial charge in [-0.1, -0.05) is 12.1 Å². The van der Waals surface area contributed by atoms with Crippen LogP contribution in [0.25, 0.3) is 0 Å². The molecule has 2 N–H and O–H groups in total. The number of alkyl halides is 3. The molecular weight excluding hydrogens is 417 g/mol. The van der Waals surface area contributed by atoms with Crippen molar-refractivity contribution < 1.29 is 28.1 Å². The molecule has 2 aliphatic heterocycles. The van der Waals surface area contributed by atoms with Crippen molar-refractivity contribution in [3.05, 3.63) is 46.2 Å². The molecule has 2 aliphatic rings. The molecule has 0 saturated carbocycles. The van der Waals surface area contributed by atoms with Gasteiger partial charge in [0, 0.05) is 25.7 Å². The van der Waals surface area contributed by atoms with Crippen LogP contribution in [0.2, 0.25) is 0 Å². The van der Waals surface area contributed by atoms with E-state index < -0.39 is 30.4 Å². The molecule has 3 heterocycles. The van der Waals surface area contributed by atoms with Crippen LogP contribution in [-0.4, -0.2) is 64.8 Å². The van der Waals surface area contributed by atoms with E-state index in [1.165, 1.54) is 34.9 Å². The molecule has 8 nitrogen and oxygen atoms in total. The van der Waals surface area contributed by atoms with Crippen molar-refractivity contribution in [2.75, 3.05) is 42.6 Å². The first-order valence-corrected chi connectivity index (χ1v) is 9.99. The van der Waals surface area contributed by atoms with Crippen LogP contribution in [0.4, 0.5) is 24.9 Å². The van der Waals surface area contributed by atoms with Crippen molar-refractivity contribution in [3.8, 4) is 5.75 Å². The van der Waals surface area contributed by atoms with Gasteiger partial charge in [-0.15, -0.1) is 0 Å². The van der Waals surface area contributed by atoms with Gasteiger partial charge in [-0.25, -0.2) is 0 Å². The summed E-state index contributed by atoms with van der Waals surface area (Å²) in [6, 6.07) is 5.14. The first-order valence-electron chi connectivity index (χ1n) is 9.99. The number of phenols is 1. The second kappa shape index (κ2) is 8.39. The zero-order valence-electron chi connectivity index (χ0n) is 16.6. The van der Waals surface area contributed by atoms with E-state index >= 15 is 0 Å². The number of morpholine rings is 1. The van der Waals surface area contributed by atoms with E-state index in [9.17, 15) is 28.2 Å². The van der Waals surface area contributed by atoms with Crippen LogP contribution in [0.3, 0.4) is 0 Å². The van der Waals surface area contributed by atoms with E-state index in [1.807, 2.05) is 0 Å². The number of aromatic hydroxyl groups is 1. The summed E-state index contributed by atoms with van der Waals surface area (Å²) in [4.78, 5) is 19.8. The lowest BCUT2D eigenvalue weighted by molar-refractivity contribution is -0.153. The van der Waals surface area contributed by atoms with E-state index in [0.717, 1.165) is 4.90 Å². The van der Waals surface area contributed by atoms with Crippen LogP contribution in [0, 0.1) is 0 Å². The molecule has 0 spiro atoms. The molecule has 2 unspecified atom stereocenters. The van der Waals surface area contributed by atoms with Gasteiger partial charge < -0.3 is 24.7 Å². The quantitative estimate of drug-likeness (QED) is 0.747. The Balaban J connectivity index is 1.73. The minimum Gasteiger partial charge on any atom is -0.508 e. The minimum atomic E-state index is -4.57. The SMILES string of the molecule is O=c1cc(N2CCOCC2)nc2n1CCC(C(F)(F)F)N2CC(O)c1cccc(O)c1. The Bertz CT molecular complexity index is 991. The van der Waals surface area contributed by atoms with E-state index in [-0.39, 0.29) is 30.2 Å². The molecule has 0 radical (unpaired) electrons. The third kappa shape index (κ3) is 4.47. The molecule has 1 saturated heterocycles. The Labute approximate surface area is 176 Å². The van der Waals surface area contributed by atoms with Crippen molar-refractivity contribution in [3.63, 3.8) is 0 Å². The summed E-state index contributed by atoms with van der Waals surface area (Å²) in [6.07, 6.45) is -6.23. The summed E-state index contributed by atoms with van der Waals surface area (Å²) in [5.41, 5.74) is -0.173. The number of rotatable bonds is 4. The Kier molecular flexibility index (Phi) is 5.80. The van der Waals surface area contributed by atoms with E-state index in [2.05, 4.69) is 4.98 Å². The number of anilines is 2. The van der Waals surface area contributed by atoms with Crippen molar-refractivity contribution in [1.29, 1.82) is 0 Å². The zero-order valence-corrected chi connectivity index (χ0v) is 16.6. The normalized spacial score (nSPS) is 20.5. The molecule has 0 aliphatic carbocycles. The van der Waals surface area contributed by atoms with Crippen LogP contribution >= 0.6 is 0 Å². The molecule has 1 aromatic carbocycles. The van der Waals surface area contributed by atoms with Gasteiger partial charge >= 0.3 is 6.18 Å². The highest BCUT2D eigenvalue weighted by Crippen LogP contribution is 2.35. The number of fused-ring (bicyclic) bond motifs is 1. The maximum absolute atomic E-state index is 13.9. The lowest BCUT2D eigenvalue weighted by Gasteiger charge is -2.40. The second-order valence-electron chi connectivity index (χ2n) is 7.61. The summed E-state index contributed by atoms with van der Waals surface area (Å²) < 4.78 is 48.1. The van der Waals surface area contributed by atoms with Gasteiger partial charge in [0.1, 0.15) is 17.6 Å². The van der Waals surface area contributed by atoms with E-state index in [1.54, 1.807) is 4.90 Å². The molecule has 31 heavy (non-hydrogen) atoms. The molecule has 2 aromatic rings. The van der Waals surface area contributed by atoms with Gasteiger partial charge in [0.25, 0.3) is 5.56 Å². The number of β-amino-alcohol motifs (C(OH)–C–C–N with tert-alkyl or cyclic N) is 1. The first kappa shape index (κ1) is 21.4. The fourth-order valence-corrected chi connectivity index (χ4v) is 3.99. The second-order valence-corrected chi connectivity index (χ2v) is 7.61. The number of aliphatic hydroxyl groups excluding tert-OH is 1. The maximum Gasteiger partial charge on any atom is 0.408 e. The van der Waals surface area contributed by atoms with Gasteiger partial charge in [-0.05, 0) is 24.1 Å². The predicted octanol–water partition coefficient (Wildman–Crippen LogP) is 1.66. The molecule has 168 valence electrons. The highest BCUT2D eigenvalue weighted by atomic mass is 19.4. The maximum atomic E-state index is 13.9. The van der Waals surface area contributed by atoms with Gasteiger partial charge in [0.2, 0.25) is 5.95 Å². The molecule has 0 amide bonds. The Morgan fingerprint density at radius 1 is 1.19 bits per heavy atom. The van der Waals surface area contributed by atoms with Gasteiger partial charge in [0.05, 0.1) is 25.9 Å².